The Morgan fingerprint density at radius 2 is 1.83 bits per heavy atom. The predicted molar refractivity (Wildman–Crippen MR) is 146 cm³/mol. The van der Waals surface area contributed by atoms with Crippen molar-refractivity contribution in [2.45, 2.75) is 97.2 Å². The molecule has 4 saturated carbocycles. The molecule has 1 aromatic carbocycles. The number of fused-ring (bicyclic) bond motifs is 5. The Labute approximate surface area is 218 Å². The average Bonchev–Trinajstić information content (AvgIpc) is 3.23. The lowest BCUT2D eigenvalue weighted by molar-refractivity contribution is -0.174. The molecule has 198 valence electrons. The molecule has 10 atom stereocenters. The zero-order valence-corrected chi connectivity index (χ0v) is 22.6. The number of amides is 1. The van der Waals surface area contributed by atoms with E-state index in [0.717, 1.165) is 43.4 Å². The van der Waals surface area contributed by atoms with Gasteiger partial charge >= 0.3 is 0 Å². The molecule has 4 nitrogen and oxygen atoms in total. The first kappa shape index (κ1) is 26.0. The topological polar surface area (TPSA) is 69.6 Å². The zero-order chi connectivity index (χ0) is 25.7. The summed E-state index contributed by atoms with van der Waals surface area (Å²) in [5.74, 6) is 3.44. The van der Waals surface area contributed by atoms with Crippen LogP contribution in [0.5, 0.6) is 0 Å². The van der Waals surface area contributed by atoms with Crippen LogP contribution in [0.25, 0.3) is 6.08 Å². The van der Waals surface area contributed by atoms with Crippen LogP contribution in [0, 0.1) is 46.3 Å². The first-order valence-electron chi connectivity index (χ1n) is 14.5. The fraction of sp³-hybridized carbons (Fsp3) is 0.719. The Morgan fingerprint density at radius 3 is 2.56 bits per heavy atom. The number of benzene rings is 1. The Balaban J connectivity index is 1.23. The SMILES string of the molecule is C=Cc1ccc(NC(=O)CC[C@@H](C)C2CCC3C4CCC5C[C@H](O)CCC5(C)C4C[C@H](O)C32C)cc1. The molecule has 3 N–H and O–H groups in total. The maximum absolute atomic E-state index is 12.7. The number of rotatable bonds is 6. The van der Waals surface area contributed by atoms with Crippen molar-refractivity contribution in [1.82, 2.24) is 0 Å². The molecular formula is C32H47NO3. The Morgan fingerprint density at radius 1 is 1.08 bits per heavy atom. The van der Waals surface area contributed by atoms with Gasteiger partial charge in [0.25, 0.3) is 0 Å². The molecule has 1 aromatic rings. The van der Waals surface area contributed by atoms with Gasteiger partial charge in [-0.15, -0.1) is 0 Å². The second kappa shape index (κ2) is 9.91. The van der Waals surface area contributed by atoms with Crippen LogP contribution >= 0.6 is 0 Å². The van der Waals surface area contributed by atoms with E-state index in [1.165, 1.54) is 25.7 Å². The number of hydrogen-bond donors (Lipinski definition) is 3. The minimum atomic E-state index is -0.265. The summed E-state index contributed by atoms with van der Waals surface area (Å²) in [6.07, 6.45) is 11.6. The van der Waals surface area contributed by atoms with E-state index in [0.29, 0.717) is 41.9 Å². The van der Waals surface area contributed by atoms with E-state index in [1.54, 1.807) is 6.08 Å². The molecule has 4 aliphatic rings. The molecule has 0 aliphatic heterocycles. The lowest BCUT2D eigenvalue weighted by Crippen LogP contribution is -2.58. The van der Waals surface area contributed by atoms with Gasteiger partial charge in [-0.25, -0.2) is 0 Å². The van der Waals surface area contributed by atoms with Crippen molar-refractivity contribution in [2.24, 2.45) is 46.3 Å². The maximum atomic E-state index is 12.7. The van der Waals surface area contributed by atoms with Gasteiger partial charge in [-0.2, -0.15) is 0 Å². The number of anilines is 1. The van der Waals surface area contributed by atoms with Gasteiger partial charge in [0.2, 0.25) is 5.91 Å². The van der Waals surface area contributed by atoms with Crippen LogP contribution in [-0.4, -0.2) is 28.3 Å². The normalized spacial score (nSPS) is 42.5. The summed E-state index contributed by atoms with van der Waals surface area (Å²) in [5, 5.41) is 25.1. The quantitative estimate of drug-likeness (QED) is 0.414. The molecule has 0 radical (unpaired) electrons. The minimum absolute atomic E-state index is 0.0467. The van der Waals surface area contributed by atoms with Gasteiger partial charge < -0.3 is 15.5 Å². The largest absolute Gasteiger partial charge is 0.393 e. The Hall–Kier alpha value is -1.65. The third kappa shape index (κ3) is 4.36. The number of hydrogen-bond acceptors (Lipinski definition) is 3. The van der Waals surface area contributed by atoms with Crippen LogP contribution in [0.4, 0.5) is 5.69 Å². The van der Waals surface area contributed by atoms with Gasteiger partial charge in [-0.05, 0) is 122 Å². The standard InChI is InChI=1S/C32H47NO3/c1-5-21-7-10-23(11-8-21)33-30(36)15-6-20(2)26-13-14-27-25-12-9-22-18-24(34)16-17-31(22,3)28(25)19-29(35)32(26,27)4/h5,7-8,10-11,20,22,24-29,34-35H,1,6,9,12-19H2,2-4H3,(H,33,36)/t20-,22?,24-,25?,26?,27?,28?,29+,31?,32?/m1/s1. The molecule has 0 spiro atoms. The van der Waals surface area contributed by atoms with Gasteiger partial charge in [-0.3, -0.25) is 4.79 Å². The second-order valence-electron chi connectivity index (χ2n) is 13.3. The number of aliphatic hydroxyl groups excluding tert-OH is 2. The summed E-state index contributed by atoms with van der Waals surface area (Å²) in [6, 6.07) is 7.79. The summed E-state index contributed by atoms with van der Waals surface area (Å²) < 4.78 is 0. The van der Waals surface area contributed by atoms with Crippen LogP contribution in [-0.2, 0) is 4.79 Å². The average molecular weight is 494 g/mol. The van der Waals surface area contributed by atoms with E-state index < -0.39 is 0 Å². The highest BCUT2D eigenvalue weighted by Crippen LogP contribution is 2.68. The van der Waals surface area contributed by atoms with Crippen LogP contribution in [0.2, 0.25) is 0 Å². The second-order valence-corrected chi connectivity index (χ2v) is 13.3. The van der Waals surface area contributed by atoms with Gasteiger partial charge in [0, 0.05) is 12.1 Å². The Bertz CT molecular complexity index is 959. The molecule has 4 aliphatic carbocycles. The summed E-state index contributed by atoms with van der Waals surface area (Å²) in [4.78, 5) is 12.7. The van der Waals surface area contributed by atoms with E-state index in [-0.39, 0.29) is 28.9 Å². The molecule has 0 saturated heterocycles. The number of carbonyl (C=O) groups excluding carboxylic acids is 1. The van der Waals surface area contributed by atoms with Gasteiger partial charge in [0.05, 0.1) is 12.2 Å². The highest BCUT2D eigenvalue weighted by molar-refractivity contribution is 5.90. The highest BCUT2D eigenvalue weighted by Gasteiger charge is 2.63. The molecule has 1 amide bonds. The van der Waals surface area contributed by atoms with Crippen molar-refractivity contribution in [3.63, 3.8) is 0 Å². The highest BCUT2D eigenvalue weighted by atomic mass is 16.3. The van der Waals surface area contributed by atoms with Crippen LogP contribution in [0.3, 0.4) is 0 Å². The fourth-order valence-corrected chi connectivity index (χ4v) is 9.65. The van der Waals surface area contributed by atoms with Crippen molar-refractivity contribution in [3.8, 4) is 0 Å². The van der Waals surface area contributed by atoms with Crippen LogP contribution in [0.15, 0.2) is 30.8 Å². The summed E-state index contributed by atoms with van der Waals surface area (Å²) in [6.45, 7) is 11.0. The van der Waals surface area contributed by atoms with E-state index in [9.17, 15) is 15.0 Å². The Kier molecular flexibility index (Phi) is 7.15. The summed E-state index contributed by atoms with van der Waals surface area (Å²) in [5.41, 5.74) is 2.10. The predicted octanol–water partition coefficient (Wildman–Crippen LogP) is 6.68. The first-order valence-corrected chi connectivity index (χ1v) is 14.5. The molecule has 36 heavy (non-hydrogen) atoms. The summed E-state index contributed by atoms with van der Waals surface area (Å²) in [7, 11) is 0. The van der Waals surface area contributed by atoms with E-state index in [2.05, 4.69) is 32.7 Å². The monoisotopic (exact) mass is 493 g/mol. The number of aliphatic hydroxyl groups is 2. The maximum Gasteiger partial charge on any atom is 0.224 e. The van der Waals surface area contributed by atoms with Crippen molar-refractivity contribution in [3.05, 3.63) is 36.4 Å². The van der Waals surface area contributed by atoms with Crippen molar-refractivity contribution < 1.29 is 15.0 Å². The molecule has 4 fully saturated rings. The van der Waals surface area contributed by atoms with E-state index in [1.807, 2.05) is 24.3 Å². The zero-order valence-electron chi connectivity index (χ0n) is 22.6. The number of carbonyl (C=O) groups is 1. The minimum Gasteiger partial charge on any atom is -0.393 e. The molecule has 4 heteroatoms. The van der Waals surface area contributed by atoms with Crippen molar-refractivity contribution >= 4 is 17.7 Å². The van der Waals surface area contributed by atoms with Gasteiger partial charge in [0.1, 0.15) is 0 Å². The van der Waals surface area contributed by atoms with Gasteiger partial charge in [0.15, 0.2) is 0 Å². The fourth-order valence-electron chi connectivity index (χ4n) is 9.65. The molecule has 5 rings (SSSR count). The van der Waals surface area contributed by atoms with Crippen LogP contribution < -0.4 is 5.32 Å². The van der Waals surface area contributed by atoms with Crippen molar-refractivity contribution in [1.29, 1.82) is 0 Å². The molecule has 0 heterocycles. The summed E-state index contributed by atoms with van der Waals surface area (Å²) >= 11 is 0. The van der Waals surface area contributed by atoms with E-state index in [4.69, 9.17) is 0 Å². The third-order valence-corrected chi connectivity index (χ3v) is 11.8. The lowest BCUT2D eigenvalue weighted by Gasteiger charge is -2.62. The van der Waals surface area contributed by atoms with Crippen LogP contribution in [0.1, 0.15) is 90.5 Å². The number of nitrogens with one attached hydrogen (secondary N) is 1. The smallest absolute Gasteiger partial charge is 0.224 e. The third-order valence-electron chi connectivity index (χ3n) is 11.8. The molecule has 0 aromatic heterocycles. The van der Waals surface area contributed by atoms with Crippen molar-refractivity contribution in [2.75, 3.05) is 5.32 Å². The molecular weight excluding hydrogens is 446 g/mol. The first-order chi connectivity index (χ1) is 17.2. The van der Waals surface area contributed by atoms with E-state index >= 15 is 0 Å². The lowest BCUT2D eigenvalue weighted by atomic mass is 9.43. The van der Waals surface area contributed by atoms with Gasteiger partial charge in [-0.1, -0.05) is 45.6 Å². The molecule has 0 bridgehead atoms. The molecule has 7 unspecified atom stereocenters.